The van der Waals surface area contributed by atoms with Gasteiger partial charge in [-0.05, 0) is 24.3 Å². The highest BCUT2D eigenvalue weighted by Crippen LogP contribution is 2.27. The lowest BCUT2D eigenvalue weighted by molar-refractivity contribution is -0.152. The zero-order chi connectivity index (χ0) is 16.0. The molecule has 4 N–H and O–H groups in total. The van der Waals surface area contributed by atoms with Crippen molar-refractivity contribution in [1.82, 2.24) is 0 Å². The number of anilines is 1. The molecule has 0 aliphatic heterocycles. The van der Waals surface area contributed by atoms with Crippen molar-refractivity contribution < 1.29 is 31.9 Å². The van der Waals surface area contributed by atoms with E-state index >= 15 is 0 Å². The van der Waals surface area contributed by atoms with E-state index in [2.05, 4.69) is 15.2 Å². The third-order valence-corrected chi connectivity index (χ3v) is 2.46. The largest absolute Gasteiger partial charge is 0.435 e. The molecule has 1 aromatic rings. The van der Waals surface area contributed by atoms with E-state index < -0.39 is 31.1 Å². The van der Waals surface area contributed by atoms with Crippen LogP contribution >= 0.6 is 0 Å². The molecule has 5 nitrogen and oxygen atoms in total. The number of alkyl halides is 5. The molecule has 0 saturated carbocycles. The zero-order valence-corrected chi connectivity index (χ0v) is 10.4. The maximum atomic E-state index is 12.7. The van der Waals surface area contributed by atoms with Crippen LogP contribution in [0.3, 0.4) is 0 Å². The summed E-state index contributed by atoms with van der Waals surface area (Å²) >= 11 is 0. The van der Waals surface area contributed by atoms with Crippen molar-refractivity contribution in [2.45, 2.75) is 12.8 Å². The van der Waals surface area contributed by atoms with Crippen LogP contribution in [-0.4, -0.2) is 30.4 Å². The molecular weight excluding hydrogens is 301 g/mol. The third-order valence-electron chi connectivity index (χ3n) is 2.46. The number of hydrogen-bond acceptors (Lipinski definition) is 4. The van der Waals surface area contributed by atoms with Gasteiger partial charge in [-0.15, -0.1) is 0 Å². The lowest BCUT2D eigenvalue weighted by atomic mass is 10.1. The van der Waals surface area contributed by atoms with Crippen LogP contribution in [0.15, 0.2) is 29.4 Å². The highest BCUT2D eigenvalue weighted by atomic mass is 19.4. The first-order chi connectivity index (χ1) is 9.74. The number of nitrogens with one attached hydrogen (secondary N) is 1. The zero-order valence-electron chi connectivity index (χ0n) is 10.4. The van der Waals surface area contributed by atoms with E-state index in [9.17, 15) is 22.0 Å². The predicted molar refractivity (Wildman–Crippen MR) is 64.5 cm³/mol. The summed E-state index contributed by atoms with van der Waals surface area (Å²) in [6.07, 6.45) is -4.69. The summed E-state index contributed by atoms with van der Waals surface area (Å²) in [5.41, 5.74) is 5.22. The van der Waals surface area contributed by atoms with Gasteiger partial charge in [-0.1, -0.05) is 5.16 Å². The van der Waals surface area contributed by atoms with E-state index in [1.54, 1.807) is 0 Å². The average Bonchev–Trinajstić information content (AvgIpc) is 2.38. The van der Waals surface area contributed by atoms with E-state index in [-0.39, 0.29) is 11.4 Å². The molecule has 0 fully saturated rings. The fourth-order valence-corrected chi connectivity index (χ4v) is 1.43. The summed E-state index contributed by atoms with van der Waals surface area (Å²) in [6, 6.07) is 4.86. The van der Waals surface area contributed by atoms with Gasteiger partial charge in [0.1, 0.15) is 11.7 Å². The number of hydrogen-bond donors (Lipinski definition) is 3. The number of nitrogens with two attached hydrogens (primary N) is 1. The maximum absolute atomic E-state index is 12.7. The summed E-state index contributed by atoms with van der Waals surface area (Å²) in [7, 11) is 0. The fourth-order valence-electron chi connectivity index (χ4n) is 1.43. The van der Waals surface area contributed by atoms with Crippen LogP contribution in [0.2, 0.25) is 0 Å². The maximum Gasteiger partial charge on any atom is 0.400 e. The van der Waals surface area contributed by atoms with Crippen LogP contribution < -0.4 is 15.8 Å². The Labute approximate surface area is 116 Å². The molecule has 21 heavy (non-hydrogen) atoms. The van der Waals surface area contributed by atoms with Gasteiger partial charge in [-0.2, -0.15) is 22.0 Å². The van der Waals surface area contributed by atoms with Crippen LogP contribution in [0.1, 0.15) is 0 Å². The van der Waals surface area contributed by atoms with E-state index in [0.29, 0.717) is 0 Å². The smallest absolute Gasteiger partial charge is 0.400 e. The van der Waals surface area contributed by atoms with Gasteiger partial charge in [-0.3, -0.25) is 0 Å². The monoisotopic (exact) mass is 313 g/mol. The molecule has 0 aliphatic rings. The Morgan fingerprint density at radius 2 is 1.86 bits per heavy atom. The standard InChI is InChI=1S/C11H12F5N3O2/c12-10(13)21-7-3-1-6(2-4-7)18-5-8(9(17)19-20)11(14,15)16/h1-4,8,10,18,20H,5H2,(H2,17,19). The average molecular weight is 313 g/mol. The molecule has 1 aromatic carbocycles. The first-order valence-corrected chi connectivity index (χ1v) is 5.57. The summed E-state index contributed by atoms with van der Waals surface area (Å²) in [5.74, 6) is -3.29. The number of ether oxygens (including phenoxy) is 1. The molecule has 0 radical (unpaired) electrons. The van der Waals surface area contributed by atoms with Crippen LogP contribution in [0.4, 0.5) is 27.6 Å². The second kappa shape index (κ2) is 6.95. The lowest BCUT2D eigenvalue weighted by Gasteiger charge is -2.19. The molecule has 10 heteroatoms. The number of amidine groups is 1. The van der Waals surface area contributed by atoms with Gasteiger partial charge in [-0.25, -0.2) is 0 Å². The number of benzene rings is 1. The van der Waals surface area contributed by atoms with E-state index in [4.69, 9.17) is 10.9 Å². The van der Waals surface area contributed by atoms with Crippen LogP contribution in [0.5, 0.6) is 5.75 Å². The summed E-state index contributed by atoms with van der Waals surface area (Å²) in [6.45, 7) is -3.66. The topological polar surface area (TPSA) is 79.9 Å². The summed E-state index contributed by atoms with van der Waals surface area (Å²) < 4.78 is 65.9. The molecular formula is C11H12F5N3O2. The van der Waals surface area contributed by atoms with Gasteiger partial charge in [0.05, 0.1) is 0 Å². The van der Waals surface area contributed by atoms with Crippen LogP contribution in [0, 0.1) is 5.92 Å². The Morgan fingerprint density at radius 3 is 2.29 bits per heavy atom. The van der Waals surface area contributed by atoms with Crippen molar-refractivity contribution in [3.05, 3.63) is 24.3 Å². The van der Waals surface area contributed by atoms with Crippen molar-refractivity contribution in [2.24, 2.45) is 16.8 Å². The lowest BCUT2D eigenvalue weighted by Crippen LogP contribution is -2.40. The molecule has 0 heterocycles. The quantitative estimate of drug-likeness (QED) is 0.248. The number of nitrogens with zero attached hydrogens (tertiary/aromatic N) is 1. The highest BCUT2D eigenvalue weighted by molar-refractivity contribution is 5.83. The van der Waals surface area contributed by atoms with Crippen LogP contribution in [-0.2, 0) is 0 Å². The Balaban J connectivity index is 2.68. The summed E-state index contributed by atoms with van der Waals surface area (Å²) in [5, 5.41) is 13.1. The number of halogens is 5. The first-order valence-electron chi connectivity index (χ1n) is 5.57. The number of rotatable bonds is 6. The summed E-state index contributed by atoms with van der Waals surface area (Å²) in [4.78, 5) is 0. The Bertz CT molecular complexity index is 476. The molecule has 0 aromatic heterocycles. The third kappa shape index (κ3) is 5.32. The number of oxime groups is 1. The van der Waals surface area contributed by atoms with Gasteiger partial charge in [0, 0.05) is 12.2 Å². The van der Waals surface area contributed by atoms with Gasteiger partial charge < -0.3 is 21.0 Å². The Hall–Kier alpha value is -2.26. The highest BCUT2D eigenvalue weighted by Gasteiger charge is 2.42. The molecule has 0 amide bonds. The second-order valence-electron chi connectivity index (χ2n) is 3.90. The molecule has 0 spiro atoms. The van der Waals surface area contributed by atoms with Crippen molar-refractivity contribution >= 4 is 11.5 Å². The molecule has 1 atom stereocenters. The van der Waals surface area contributed by atoms with E-state index in [1.165, 1.54) is 24.3 Å². The van der Waals surface area contributed by atoms with Gasteiger partial charge >= 0.3 is 12.8 Å². The SMILES string of the molecule is N/C(=N/O)C(CNc1ccc(OC(F)F)cc1)C(F)(F)F. The predicted octanol–water partition coefficient (Wildman–Crippen LogP) is 2.62. The Morgan fingerprint density at radius 1 is 1.29 bits per heavy atom. The molecule has 1 unspecified atom stereocenters. The van der Waals surface area contributed by atoms with Gasteiger partial charge in [0.15, 0.2) is 5.84 Å². The normalized spacial score (nSPS) is 14.1. The second-order valence-corrected chi connectivity index (χ2v) is 3.90. The molecule has 0 aliphatic carbocycles. The first kappa shape index (κ1) is 16.8. The molecule has 0 saturated heterocycles. The Kier molecular flexibility index (Phi) is 5.56. The van der Waals surface area contributed by atoms with E-state index in [0.717, 1.165) is 0 Å². The minimum absolute atomic E-state index is 0.126. The molecule has 118 valence electrons. The minimum atomic E-state index is -4.69. The molecule has 0 bridgehead atoms. The molecule has 1 rings (SSSR count). The van der Waals surface area contributed by atoms with Crippen molar-refractivity contribution in [3.63, 3.8) is 0 Å². The van der Waals surface area contributed by atoms with Gasteiger partial charge in [0.2, 0.25) is 0 Å². The van der Waals surface area contributed by atoms with Crippen molar-refractivity contribution in [3.8, 4) is 5.75 Å². The minimum Gasteiger partial charge on any atom is -0.435 e. The van der Waals surface area contributed by atoms with Crippen molar-refractivity contribution in [2.75, 3.05) is 11.9 Å². The van der Waals surface area contributed by atoms with Crippen molar-refractivity contribution in [1.29, 1.82) is 0 Å². The van der Waals surface area contributed by atoms with Crippen LogP contribution in [0.25, 0.3) is 0 Å². The van der Waals surface area contributed by atoms with E-state index in [1.807, 2.05) is 0 Å². The van der Waals surface area contributed by atoms with Gasteiger partial charge in [0.25, 0.3) is 0 Å². The fraction of sp³-hybridized carbons (Fsp3) is 0.364.